The highest BCUT2D eigenvalue weighted by atomic mass is 16.6. The van der Waals surface area contributed by atoms with Crippen molar-refractivity contribution in [2.75, 3.05) is 0 Å². The van der Waals surface area contributed by atoms with E-state index in [1.165, 1.54) is 4.90 Å². The van der Waals surface area contributed by atoms with Gasteiger partial charge in [-0.2, -0.15) is 0 Å². The molecule has 0 radical (unpaired) electrons. The van der Waals surface area contributed by atoms with Crippen molar-refractivity contribution in [3.8, 4) is 0 Å². The van der Waals surface area contributed by atoms with Gasteiger partial charge in [-0.15, -0.1) is 0 Å². The van der Waals surface area contributed by atoms with Crippen LogP contribution in [-0.2, 0) is 22.5 Å². The van der Waals surface area contributed by atoms with Gasteiger partial charge < -0.3 is 9.84 Å². The Morgan fingerprint density at radius 1 is 1.33 bits per heavy atom. The third-order valence-electron chi connectivity index (χ3n) is 3.53. The summed E-state index contributed by atoms with van der Waals surface area (Å²) in [5.41, 5.74) is 2.41. The van der Waals surface area contributed by atoms with Gasteiger partial charge in [0.15, 0.2) is 0 Å². The van der Waals surface area contributed by atoms with Crippen LogP contribution in [0.3, 0.4) is 0 Å². The Bertz CT molecular complexity index is 574. The lowest BCUT2D eigenvalue weighted by Gasteiger charge is -2.36. The summed E-state index contributed by atoms with van der Waals surface area (Å²) in [4.78, 5) is 25.1. The molecule has 1 aromatic carbocycles. The zero-order chi connectivity index (χ0) is 15.8. The van der Waals surface area contributed by atoms with Crippen LogP contribution >= 0.6 is 0 Å². The van der Waals surface area contributed by atoms with Crippen LogP contribution in [0.4, 0.5) is 4.79 Å². The second-order valence-electron chi connectivity index (χ2n) is 6.38. The maximum absolute atomic E-state index is 12.3. The van der Waals surface area contributed by atoms with Gasteiger partial charge in [0, 0.05) is 6.42 Å². The third kappa shape index (κ3) is 3.35. The van der Waals surface area contributed by atoms with Gasteiger partial charge in [0.2, 0.25) is 0 Å². The number of carboxylic acid groups (broad SMARTS) is 1. The van der Waals surface area contributed by atoms with E-state index >= 15 is 0 Å². The lowest BCUT2D eigenvalue weighted by atomic mass is 9.91. The summed E-state index contributed by atoms with van der Waals surface area (Å²) in [6.07, 6.45) is -0.265. The minimum atomic E-state index is -1.00. The minimum Gasteiger partial charge on any atom is -0.480 e. The van der Waals surface area contributed by atoms with Crippen molar-refractivity contribution in [1.82, 2.24) is 4.90 Å². The van der Waals surface area contributed by atoms with Crippen LogP contribution in [0, 0.1) is 6.92 Å². The van der Waals surface area contributed by atoms with Crippen molar-refractivity contribution in [2.24, 2.45) is 0 Å². The largest absolute Gasteiger partial charge is 0.480 e. The number of amides is 1. The van der Waals surface area contributed by atoms with Gasteiger partial charge in [0.1, 0.15) is 11.6 Å². The molecule has 0 saturated carbocycles. The van der Waals surface area contributed by atoms with E-state index in [4.69, 9.17) is 4.74 Å². The molecule has 1 aliphatic heterocycles. The first-order valence-electron chi connectivity index (χ1n) is 6.99. The molecule has 0 aromatic heterocycles. The second-order valence-corrected chi connectivity index (χ2v) is 6.38. The van der Waals surface area contributed by atoms with Gasteiger partial charge in [-0.1, -0.05) is 18.2 Å². The SMILES string of the molecule is Cc1cccc2c1CC(C(=O)O)N(C(=O)OC(C)(C)C)C2. The van der Waals surface area contributed by atoms with Gasteiger partial charge in [-0.05, 0) is 44.4 Å². The number of fused-ring (bicyclic) bond motifs is 1. The molecule has 0 saturated heterocycles. The summed E-state index contributed by atoms with van der Waals surface area (Å²) in [6.45, 7) is 7.53. The molecule has 1 unspecified atom stereocenters. The molecule has 1 amide bonds. The molecule has 0 fully saturated rings. The highest BCUT2D eigenvalue weighted by Gasteiger charge is 2.37. The summed E-state index contributed by atoms with van der Waals surface area (Å²) in [5, 5.41) is 9.42. The number of carbonyl (C=O) groups is 2. The van der Waals surface area contributed by atoms with Gasteiger partial charge in [-0.3, -0.25) is 4.90 Å². The molecule has 0 bridgehead atoms. The zero-order valence-corrected chi connectivity index (χ0v) is 12.8. The molecule has 1 N–H and O–H groups in total. The lowest BCUT2D eigenvalue weighted by molar-refractivity contribution is -0.143. The van der Waals surface area contributed by atoms with Crippen LogP contribution in [0.15, 0.2) is 18.2 Å². The quantitative estimate of drug-likeness (QED) is 0.864. The fourth-order valence-electron chi connectivity index (χ4n) is 2.53. The van der Waals surface area contributed by atoms with Crippen LogP contribution in [0.5, 0.6) is 0 Å². The lowest BCUT2D eigenvalue weighted by Crippen LogP contribution is -2.50. The zero-order valence-electron chi connectivity index (χ0n) is 12.8. The van der Waals surface area contributed by atoms with Crippen molar-refractivity contribution < 1.29 is 19.4 Å². The van der Waals surface area contributed by atoms with Gasteiger partial charge in [-0.25, -0.2) is 9.59 Å². The Kier molecular flexibility index (Phi) is 3.94. The second kappa shape index (κ2) is 5.39. The van der Waals surface area contributed by atoms with Crippen molar-refractivity contribution in [1.29, 1.82) is 0 Å². The molecule has 2 rings (SSSR count). The van der Waals surface area contributed by atoms with Crippen molar-refractivity contribution in [3.05, 3.63) is 34.9 Å². The molecule has 114 valence electrons. The number of aliphatic carboxylic acids is 1. The predicted molar refractivity (Wildman–Crippen MR) is 78.1 cm³/mol. The number of nitrogens with zero attached hydrogens (tertiary/aromatic N) is 1. The highest BCUT2D eigenvalue weighted by Crippen LogP contribution is 2.27. The van der Waals surface area contributed by atoms with Crippen LogP contribution in [-0.4, -0.2) is 33.7 Å². The predicted octanol–water partition coefficient (Wildman–Crippen LogP) is 2.74. The van der Waals surface area contributed by atoms with E-state index < -0.39 is 23.7 Å². The number of carbonyl (C=O) groups excluding carboxylic acids is 1. The average Bonchev–Trinajstić information content (AvgIpc) is 2.35. The first-order chi connectivity index (χ1) is 9.69. The van der Waals surface area contributed by atoms with Gasteiger partial charge in [0.05, 0.1) is 6.54 Å². The van der Waals surface area contributed by atoms with E-state index in [9.17, 15) is 14.7 Å². The topological polar surface area (TPSA) is 66.8 Å². The van der Waals surface area contributed by atoms with E-state index in [0.29, 0.717) is 6.42 Å². The van der Waals surface area contributed by atoms with E-state index in [1.54, 1.807) is 20.8 Å². The maximum Gasteiger partial charge on any atom is 0.411 e. The Balaban J connectivity index is 2.32. The third-order valence-corrected chi connectivity index (χ3v) is 3.53. The summed E-state index contributed by atoms with van der Waals surface area (Å²) >= 11 is 0. The van der Waals surface area contributed by atoms with Crippen LogP contribution in [0.25, 0.3) is 0 Å². The molecule has 1 aliphatic rings. The van der Waals surface area contributed by atoms with Crippen molar-refractivity contribution >= 4 is 12.1 Å². The molecule has 5 heteroatoms. The highest BCUT2D eigenvalue weighted by molar-refractivity contribution is 5.81. The van der Waals surface area contributed by atoms with Crippen molar-refractivity contribution in [3.63, 3.8) is 0 Å². The first kappa shape index (κ1) is 15.4. The number of carboxylic acids is 1. The summed E-state index contributed by atoms with van der Waals surface area (Å²) in [6, 6.07) is 4.93. The summed E-state index contributed by atoms with van der Waals surface area (Å²) < 4.78 is 5.33. The molecular weight excluding hydrogens is 270 g/mol. The number of ether oxygens (including phenoxy) is 1. The number of aryl methyl sites for hydroxylation is 1. The van der Waals surface area contributed by atoms with Crippen LogP contribution < -0.4 is 0 Å². The molecule has 0 aliphatic carbocycles. The number of rotatable bonds is 1. The fourth-order valence-corrected chi connectivity index (χ4v) is 2.53. The van der Waals surface area contributed by atoms with E-state index in [1.807, 2.05) is 25.1 Å². The Labute approximate surface area is 124 Å². The van der Waals surface area contributed by atoms with E-state index in [-0.39, 0.29) is 6.54 Å². The fraction of sp³-hybridized carbons (Fsp3) is 0.500. The minimum absolute atomic E-state index is 0.267. The molecule has 1 heterocycles. The molecule has 5 nitrogen and oxygen atoms in total. The normalized spacial score (nSPS) is 18.1. The molecular formula is C16H21NO4. The van der Waals surface area contributed by atoms with E-state index in [0.717, 1.165) is 16.7 Å². The summed E-state index contributed by atoms with van der Waals surface area (Å²) in [7, 11) is 0. The van der Waals surface area contributed by atoms with Crippen molar-refractivity contribution in [2.45, 2.75) is 52.3 Å². The first-order valence-corrected chi connectivity index (χ1v) is 6.99. The van der Waals surface area contributed by atoms with Gasteiger partial charge in [0.25, 0.3) is 0 Å². The number of hydrogen-bond donors (Lipinski definition) is 1. The number of benzene rings is 1. The Morgan fingerprint density at radius 3 is 2.57 bits per heavy atom. The van der Waals surface area contributed by atoms with Crippen LogP contribution in [0.2, 0.25) is 0 Å². The molecule has 1 aromatic rings. The van der Waals surface area contributed by atoms with E-state index in [2.05, 4.69) is 0 Å². The maximum atomic E-state index is 12.3. The monoisotopic (exact) mass is 291 g/mol. The molecule has 21 heavy (non-hydrogen) atoms. The Hall–Kier alpha value is -2.04. The standard InChI is InChI=1S/C16H21NO4/c1-10-6-5-7-11-9-17(15(20)21-16(2,3)4)13(14(18)19)8-12(10)11/h5-7,13H,8-9H2,1-4H3,(H,18,19). The van der Waals surface area contributed by atoms with Crippen LogP contribution in [0.1, 0.15) is 37.5 Å². The van der Waals surface area contributed by atoms with Gasteiger partial charge >= 0.3 is 12.1 Å². The summed E-state index contributed by atoms with van der Waals surface area (Å²) in [5.74, 6) is -1.00. The smallest absolute Gasteiger partial charge is 0.411 e. The molecule has 0 spiro atoms. The molecule has 1 atom stereocenters. The average molecular weight is 291 g/mol. The number of hydrogen-bond acceptors (Lipinski definition) is 3. The Morgan fingerprint density at radius 2 is 2.00 bits per heavy atom.